The predicted octanol–water partition coefficient (Wildman–Crippen LogP) is 0.555. The first-order chi connectivity index (χ1) is 8.16. The van der Waals surface area contributed by atoms with Gasteiger partial charge in [-0.05, 0) is 26.1 Å². The molecule has 0 atom stereocenters. The Morgan fingerprint density at radius 3 is 2.39 bits per heavy atom. The molecule has 1 aromatic carbocycles. The van der Waals surface area contributed by atoms with E-state index in [9.17, 15) is 4.79 Å². The Kier molecular flexibility index (Phi) is 5.41. The standard InChI is InChI=1S/C13H17N3O.Na.H/c1-10-12(9-14-2)13(17)16(15(10)3)11-7-5-4-6-8-11;;/h4-8,14H,9H2,1-3H3;;. The first-order valence-electron chi connectivity index (χ1n) is 5.64. The van der Waals surface area contributed by atoms with E-state index in [1.807, 2.05) is 56.0 Å². The van der Waals surface area contributed by atoms with Gasteiger partial charge in [0.2, 0.25) is 0 Å². The molecule has 0 bridgehead atoms. The van der Waals surface area contributed by atoms with Crippen molar-refractivity contribution in [2.75, 3.05) is 7.05 Å². The molecular weight excluding hydrogens is 237 g/mol. The Morgan fingerprint density at radius 1 is 1.22 bits per heavy atom. The molecule has 0 unspecified atom stereocenters. The summed E-state index contributed by atoms with van der Waals surface area (Å²) in [4.78, 5) is 12.3. The second kappa shape index (κ2) is 6.38. The number of hydrogen-bond acceptors (Lipinski definition) is 2. The fraction of sp³-hybridized carbons (Fsp3) is 0.308. The molecule has 0 saturated heterocycles. The van der Waals surface area contributed by atoms with Gasteiger partial charge >= 0.3 is 29.6 Å². The van der Waals surface area contributed by atoms with E-state index in [4.69, 9.17) is 0 Å². The third kappa shape index (κ3) is 2.62. The number of rotatable bonds is 3. The Morgan fingerprint density at radius 2 is 1.83 bits per heavy atom. The fourth-order valence-corrected chi connectivity index (χ4v) is 2.00. The van der Waals surface area contributed by atoms with E-state index in [0.717, 1.165) is 16.9 Å². The zero-order chi connectivity index (χ0) is 12.4. The van der Waals surface area contributed by atoms with E-state index in [-0.39, 0.29) is 35.1 Å². The van der Waals surface area contributed by atoms with Gasteiger partial charge in [0.25, 0.3) is 5.56 Å². The zero-order valence-corrected chi connectivity index (χ0v) is 10.4. The van der Waals surface area contributed by atoms with Gasteiger partial charge in [-0.3, -0.25) is 9.48 Å². The predicted molar refractivity (Wildman–Crippen MR) is 75.7 cm³/mol. The topological polar surface area (TPSA) is 39.0 Å². The van der Waals surface area contributed by atoms with Crippen molar-refractivity contribution in [3.8, 4) is 5.69 Å². The van der Waals surface area contributed by atoms with E-state index < -0.39 is 0 Å². The Balaban J connectivity index is 0.00000162. The molecule has 2 rings (SSSR count). The van der Waals surface area contributed by atoms with Crippen molar-refractivity contribution >= 4 is 29.6 Å². The van der Waals surface area contributed by atoms with Gasteiger partial charge in [0, 0.05) is 19.3 Å². The third-order valence-electron chi connectivity index (χ3n) is 3.03. The molecule has 0 radical (unpaired) electrons. The van der Waals surface area contributed by atoms with Gasteiger partial charge in [-0.1, -0.05) is 18.2 Å². The Bertz CT molecular complexity index is 572. The number of nitrogens with zero attached hydrogens (tertiary/aromatic N) is 2. The van der Waals surface area contributed by atoms with E-state index in [2.05, 4.69) is 5.32 Å². The summed E-state index contributed by atoms with van der Waals surface area (Å²) < 4.78 is 3.59. The van der Waals surface area contributed by atoms with Gasteiger partial charge in [0.1, 0.15) is 0 Å². The maximum atomic E-state index is 12.3. The summed E-state index contributed by atoms with van der Waals surface area (Å²) in [6.07, 6.45) is 0. The summed E-state index contributed by atoms with van der Waals surface area (Å²) in [5.74, 6) is 0. The normalized spacial score (nSPS) is 10.2. The average Bonchev–Trinajstić information content (AvgIpc) is 2.55. The van der Waals surface area contributed by atoms with Gasteiger partial charge in [0.15, 0.2) is 0 Å². The second-order valence-corrected chi connectivity index (χ2v) is 4.07. The Labute approximate surface area is 129 Å². The van der Waals surface area contributed by atoms with E-state index in [1.54, 1.807) is 4.68 Å². The van der Waals surface area contributed by atoms with Gasteiger partial charge < -0.3 is 5.32 Å². The average molecular weight is 255 g/mol. The van der Waals surface area contributed by atoms with Crippen LogP contribution < -0.4 is 10.9 Å². The zero-order valence-electron chi connectivity index (χ0n) is 10.4. The molecule has 1 heterocycles. The molecule has 0 saturated carbocycles. The minimum absolute atomic E-state index is 0. The molecule has 4 nitrogen and oxygen atoms in total. The van der Waals surface area contributed by atoms with Crippen LogP contribution in [-0.2, 0) is 13.6 Å². The molecule has 0 aliphatic rings. The molecule has 1 aromatic heterocycles. The monoisotopic (exact) mass is 255 g/mol. The first kappa shape index (κ1) is 15.2. The molecule has 5 heteroatoms. The van der Waals surface area contributed by atoms with Crippen LogP contribution in [-0.4, -0.2) is 46.0 Å². The van der Waals surface area contributed by atoms with E-state index >= 15 is 0 Å². The van der Waals surface area contributed by atoms with Crippen molar-refractivity contribution in [1.82, 2.24) is 14.7 Å². The van der Waals surface area contributed by atoms with Crippen molar-refractivity contribution in [2.24, 2.45) is 7.05 Å². The molecular formula is C13H18N3NaO. The van der Waals surface area contributed by atoms with Crippen molar-refractivity contribution in [2.45, 2.75) is 13.5 Å². The van der Waals surface area contributed by atoms with Crippen molar-refractivity contribution in [1.29, 1.82) is 0 Å². The maximum absolute atomic E-state index is 12.3. The number of nitrogens with one attached hydrogen (secondary N) is 1. The summed E-state index contributed by atoms with van der Waals surface area (Å²) in [7, 11) is 3.75. The molecule has 2 aromatic rings. The van der Waals surface area contributed by atoms with Crippen molar-refractivity contribution in [3.05, 3.63) is 51.9 Å². The summed E-state index contributed by atoms with van der Waals surface area (Å²) in [5, 5.41) is 3.03. The summed E-state index contributed by atoms with van der Waals surface area (Å²) in [6, 6.07) is 9.68. The quantitative estimate of drug-likeness (QED) is 0.814. The molecule has 1 N–H and O–H groups in total. The number of hydrogen-bond donors (Lipinski definition) is 1. The SMILES string of the molecule is CNCc1c(C)n(C)n(-c2ccccc2)c1=O.[NaH]. The molecule has 92 valence electrons. The van der Waals surface area contributed by atoms with Crippen LogP contribution in [0, 0.1) is 6.92 Å². The molecule has 0 aliphatic heterocycles. The Hall–Kier alpha value is -0.810. The van der Waals surface area contributed by atoms with Crippen LogP contribution in [0.3, 0.4) is 0 Å². The van der Waals surface area contributed by atoms with E-state index in [0.29, 0.717) is 6.54 Å². The number of aromatic nitrogens is 2. The van der Waals surface area contributed by atoms with Crippen LogP contribution in [0.2, 0.25) is 0 Å². The fourth-order valence-electron chi connectivity index (χ4n) is 2.00. The van der Waals surface area contributed by atoms with Crippen LogP contribution in [0.4, 0.5) is 0 Å². The molecule has 18 heavy (non-hydrogen) atoms. The third-order valence-corrected chi connectivity index (χ3v) is 3.03. The van der Waals surface area contributed by atoms with Crippen LogP contribution in [0.5, 0.6) is 0 Å². The summed E-state index contributed by atoms with van der Waals surface area (Å²) in [6.45, 7) is 2.56. The van der Waals surface area contributed by atoms with Gasteiger partial charge in [0.05, 0.1) is 11.3 Å². The van der Waals surface area contributed by atoms with Crippen molar-refractivity contribution in [3.63, 3.8) is 0 Å². The number of para-hydroxylation sites is 1. The minimum atomic E-state index is 0. The second-order valence-electron chi connectivity index (χ2n) is 4.07. The van der Waals surface area contributed by atoms with Crippen LogP contribution in [0.1, 0.15) is 11.3 Å². The molecule has 0 spiro atoms. The molecule has 0 fully saturated rings. The van der Waals surface area contributed by atoms with E-state index in [1.165, 1.54) is 0 Å². The van der Waals surface area contributed by atoms with Crippen molar-refractivity contribution < 1.29 is 0 Å². The molecule has 0 amide bonds. The van der Waals surface area contributed by atoms with Gasteiger partial charge in [-0.2, -0.15) is 0 Å². The summed E-state index contributed by atoms with van der Waals surface area (Å²) >= 11 is 0. The van der Waals surface area contributed by atoms with Crippen LogP contribution in [0.15, 0.2) is 35.1 Å². The van der Waals surface area contributed by atoms with Crippen LogP contribution in [0.25, 0.3) is 5.69 Å². The van der Waals surface area contributed by atoms with Gasteiger partial charge in [-0.15, -0.1) is 0 Å². The molecule has 0 aliphatic carbocycles. The van der Waals surface area contributed by atoms with Crippen LogP contribution >= 0.6 is 0 Å². The number of benzene rings is 1. The van der Waals surface area contributed by atoms with Gasteiger partial charge in [-0.25, -0.2) is 4.68 Å². The first-order valence-corrected chi connectivity index (χ1v) is 5.64. The summed E-state index contributed by atoms with van der Waals surface area (Å²) in [5.41, 5.74) is 2.75.